The number of carbonyl (C=O) groups is 1. The maximum absolute atomic E-state index is 12.7. The van der Waals surface area contributed by atoms with Crippen molar-refractivity contribution in [3.63, 3.8) is 0 Å². The summed E-state index contributed by atoms with van der Waals surface area (Å²) in [7, 11) is 0. The number of aliphatic hydroxyl groups is 2. The third kappa shape index (κ3) is 2.27. The fraction of sp³-hybridized carbons (Fsp3) is 0.533. The lowest BCUT2D eigenvalue weighted by atomic mass is 9.86. The summed E-state index contributed by atoms with van der Waals surface area (Å²) in [6, 6.07) is 8.08. The Bertz CT molecular complexity index is 510. The van der Waals surface area contributed by atoms with E-state index in [0.717, 1.165) is 17.7 Å². The topological polar surface area (TPSA) is 72.8 Å². The number of β-amino-alcohol motifs (C(OH)–C–C–N with tert-alkyl or cyclic N) is 2. The molecule has 0 spiro atoms. The molecule has 0 radical (unpaired) electrons. The second-order valence-corrected chi connectivity index (χ2v) is 5.80. The third-order valence-corrected chi connectivity index (χ3v) is 4.20. The molecule has 0 saturated carbocycles. The first-order valence-electron chi connectivity index (χ1n) is 7.06. The van der Waals surface area contributed by atoms with Crippen molar-refractivity contribution < 1.29 is 15.0 Å². The molecule has 4 atom stereocenters. The summed E-state index contributed by atoms with van der Waals surface area (Å²) in [5.41, 5.74) is 2.01. The average Bonchev–Trinajstić information content (AvgIpc) is 2.77. The third-order valence-electron chi connectivity index (χ3n) is 4.20. The number of nitrogens with one attached hydrogen (secondary N) is 1. The van der Waals surface area contributed by atoms with Crippen LogP contribution in [0.1, 0.15) is 24.8 Å². The quantitative estimate of drug-likeness (QED) is 0.700. The number of anilines is 1. The van der Waals surface area contributed by atoms with Crippen LogP contribution in [0.5, 0.6) is 0 Å². The molecule has 2 aliphatic heterocycles. The molecule has 1 amide bonds. The lowest BCUT2D eigenvalue weighted by molar-refractivity contribution is -0.132. The maximum Gasteiger partial charge on any atom is 0.230 e. The number of aliphatic hydroxyl groups excluding tert-OH is 2. The maximum atomic E-state index is 12.7. The van der Waals surface area contributed by atoms with Gasteiger partial charge in [-0.25, -0.2) is 0 Å². The zero-order valence-corrected chi connectivity index (χ0v) is 11.5. The van der Waals surface area contributed by atoms with Crippen LogP contribution in [0, 0.1) is 0 Å². The van der Waals surface area contributed by atoms with E-state index < -0.39 is 12.2 Å². The SMILES string of the molecule is CC1CC(C(=O)N2CC(O)C(O)C2)c2ccccc2N1. The van der Waals surface area contributed by atoms with E-state index in [2.05, 4.69) is 12.2 Å². The zero-order chi connectivity index (χ0) is 14.3. The van der Waals surface area contributed by atoms with E-state index in [9.17, 15) is 15.0 Å². The largest absolute Gasteiger partial charge is 0.388 e. The predicted octanol–water partition coefficient (Wildman–Crippen LogP) is 0.538. The molecular weight excluding hydrogens is 256 g/mol. The van der Waals surface area contributed by atoms with Crippen LogP contribution in [-0.2, 0) is 4.79 Å². The first kappa shape index (κ1) is 13.4. The molecule has 3 rings (SSSR count). The summed E-state index contributed by atoms with van der Waals surface area (Å²) >= 11 is 0. The summed E-state index contributed by atoms with van der Waals surface area (Å²) in [5, 5.41) is 22.6. The van der Waals surface area contributed by atoms with Gasteiger partial charge in [-0.2, -0.15) is 0 Å². The monoisotopic (exact) mass is 276 g/mol. The average molecular weight is 276 g/mol. The summed E-state index contributed by atoms with van der Waals surface area (Å²) in [5.74, 6) is -0.193. The molecule has 0 aliphatic carbocycles. The van der Waals surface area contributed by atoms with Crippen LogP contribution in [0.3, 0.4) is 0 Å². The number of fused-ring (bicyclic) bond motifs is 1. The molecule has 1 fully saturated rings. The number of carbonyl (C=O) groups excluding carboxylic acids is 1. The minimum Gasteiger partial charge on any atom is -0.388 e. The van der Waals surface area contributed by atoms with Crippen molar-refractivity contribution in [2.45, 2.75) is 37.5 Å². The Morgan fingerprint density at radius 1 is 1.25 bits per heavy atom. The Morgan fingerprint density at radius 3 is 2.60 bits per heavy atom. The molecule has 2 heterocycles. The highest BCUT2D eigenvalue weighted by atomic mass is 16.3. The van der Waals surface area contributed by atoms with E-state index in [4.69, 9.17) is 0 Å². The van der Waals surface area contributed by atoms with Crippen LogP contribution >= 0.6 is 0 Å². The van der Waals surface area contributed by atoms with Crippen LogP contribution in [-0.4, -0.2) is 52.4 Å². The van der Waals surface area contributed by atoms with Gasteiger partial charge in [0.1, 0.15) is 0 Å². The molecule has 4 unspecified atom stereocenters. The highest BCUT2D eigenvalue weighted by molar-refractivity contribution is 5.87. The fourth-order valence-electron chi connectivity index (χ4n) is 3.14. The lowest BCUT2D eigenvalue weighted by Gasteiger charge is -2.32. The first-order valence-corrected chi connectivity index (χ1v) is 7.06. The van der Waals surface area contributed by atoms with Crippen LogP contribution in [0.4, 0.5) is 5.69 Å². The van der Waals surface area contributed by atoms with Crippen LogP contribution in [0.25, 0.3) is 0 Å². The first-order chi connectivity index (χ1) is 9.56. The van der Waals surface area contributed by atoms with Crippen molar-refractivity contribution in [2.24, 2.45) is 0 Å². The van der Waals surface area contributed by atoms with Crippen molar-refractivity contribution in [3.8, 4) is 0 Å². The molecule has 1 aromatic carbocycles. The molecule has 1 saturated heterocycles. The van der Waals surface area contributed by atoms with Gasteiger partial charge in [0.15, 0.2) is 0 Å². The number of benzene rings is 1. The van der Waals surface area contributed by atoms with E-state index in [-0.39, 0.29) is 31.0 Å². The van der Waals surface area contributed by atoms with Crippen LogP contribution < -0.4 is 5.32 Å². The second-order valence-electron chi connectivity index (χ2n) is 5.80. The Labute approximate surface area is 118 Å². The van der Waals surface area contributed by atoms with Gasteiger partial charge in [0, 0.05) is 24.8 Å². The van der Waals surface area contributed by atoms with Gasteiger partial charge < -0.3 is 20.4 Å². The van der Waals surface area contributed by atoms with Gasteiger partial charge >= 0.3 is 0 Å². The van der Waals surface area contributed by atoms with Crippen molar-refractivity contribution >= 4 is 11.6 Å². The second kappa shape index (κ2) is 5.07. The van der Waals surface area contributed by atoms with Gasteiger partial charge in [-0.15, -0.1) is 0 Å². The number of amides is 1. The molecule has 1 aromatic rings. The zero-order valence-electron chi connectivity index (χ0n) is 11.5. The number of nitrogens with zero attached hydrogens (tertiary/aromatic N) is 1. The predicted molar refractivity (Wildman–Crippen MR) is 75.5 cm³/mol. The Hall–Kier alpha value is -1.59. The minimum absolute atomic E-state index is 0.00130. The van der Waals surface area contributed by atoms with Gasteiger partial charge in [-0.3, -0.25) is 4.79 Å². The van der Waals surface area contributed by atoms with E-state index in [1.54, 1.807) is 4.90 Å². The number of hydrogen-bond acceptors (Lipinski definition) is 4. The van der Waals surface area contributed by atoms with Gasteiger partial charge in [-0.05, 0) is 25.0 Å². The Kier molecular flexibility index (Phi) is 3.40. The lowest BCUT2D eigenvalue weighted by Crippen LogP contribution is -2.38. The number of likely N-dealkylation sites (tertiary alicyclic amines) is 1. The highest BCUT2D eigenvalue weighted by Gasteiger charge is 2.38. The Balaban J connectivity index is 1.85. The number of para-hydroxylation sites is 1. The molecule has 5 nitrogen and oxygen atoms in total. The number of hydrogen-bond donors (Lipinski definition) is 3. The standard InChI is InChI=1S/C15H20N2O3/c1-9-6-11(10-4-2-3-5-12(10)16-9)15(20)17-7-13(18)14(19)8-17/h2-5,9,11,13-14,16,18-19H,6-8H2,1H3. The van der Waals surface area contributed by atoms with Gasteiger partial charge in [-0.1, -0.05) is 18.2 Å². The molecule has 0 aromatic heterocycles. The summed E-state index contributed by atoms with van der Waals surface area (Å²) in [6.45, 7) is 2.50. The molecule has 3 N–H and O–H groups in total. The van der Waals surface area contributed by atoms with Crippen LogP contribution in [0.2, 0.25) is 0 Å². The summed E-state index contributed by atoms with van der Waals surface area (Å²) in [6.07, 6.45) is -0.917. The normalized spacial score (nSPS) is 32.6. The summed E-state index contributed by atoms with van der Waals surface area (Å²) < 4.78 is 0. The Morgan fingerprint density at radius 2 is 1.90 bits per heavy atom. The van der Waals surface area contributed by atoms with E-state index >= 15 is 0 Å². The molecular formula is C15H20N2O3. The minimum atomic E-state index is -0.826. The summed E-state index contributed by atoms with van der Waals surface area (Å²) in [4.78, 5) is 14.3. The number of rotatable bonds is 1. The molecule has 20 heavy (non-hydrogen) atoms. The molecule has 2 aliphatic rings. The fourth-order valence-corrected chi connectivity index (χ4v) is 3.14. The van der Waals surface area contributed by atoms with Gasteiger partial charge in [0.25, 0.3) is 0 Å². The van der Waals surface area contributed by atoms with Gasteiger partial charge in [0.2, 0.25) is 5.91 Å². The molecule has 5 heteroatoms. The van der Waals surface area contributed by atoms with E-state index in [1.807, 2.05) is 24.3 Å². The smallest absolute Gasteiger partial charge is 0.230 e. The highest BCUT2D eigenvalue weighted by Crippen LogP contribution is 2.35. The van der Waals surface area contributed by atoms with Crippen LogP contribution in [0.15, 0.2) is 24.3 Å². The van der Waals surface area contributed by atoms with E-state index in [0.29, 0.717) is 0 Å². The van der Waals surface area contributed by atoms with Gasteiger partial charge in [0.05, 0.1) is 18.1 Å². The van der Waals surface area contributed by atoms with Crippen molar-refractivity contribution in [1.82, 2.24) is 4.90 Å². The molecule has 0 bridgehead atoms. The van der Waals surface area contributed by atoms with E-state index in [1.165, 1.54) is 0 Å². The van der Waals surface area contributed by atoms with Crippen molar-refractivity contribution in [2.75, 3.05) is 18.4 Å². The molecule has 108 valence electrons. The van der Waals surface area contributed by atoms with Crippen molar-refractivity contribution in [1.29, 1.82) is 0 Å². The van der Waals surface area contributed by atoms with Crippen molar-refractivity contribution in [3.05, 3.63) is 29.8 Å².